The van der Waals surface area contributed by atoms with E-state index in [9.17, 15) is 35.7 Å². The number of aromatic nitrogens is 1. The second-order valence-electron chi connectivity index (χ2n) is 8.25. The third kappa shape index (κ3) is 4.44. The monoisotopic (exact) mass is 523 g/mol. The third-order valence-electron chi connectivity index (χ3n) is 5.75. The van der Waals surface area contributed by atoms with Gasteiger partial charge in [-0.2, -0.15) is 13.2 Å². The van der Waals surface area contributed by atoms with Crippen LogP contribution in [0.25, 0.3) is 0 Å². The van der Waals surface area contributed by atoms with E-state index in [4.69, 9.17) is 0 Å². The molecular formula is C21H16F7N3O3S. The number of hydrogen-bond acceptors (Lipinski definition) is 5. The fourth-order valence-electron chi connectivity index (χ4n) is 3.84. The Morgan fingerprint density at radius 1 is 1.20 bits per heavy atom. The molecule has 1 fully saturated rings. The molecule has 0 radical (unpaired) electrons. The highest BCUT2D eigenvalue weighted by atomic mass is 32.2. The predicted octanol–water partition coefficient (Wildman–Crippen LogP) is 3.47. The molecule has 2 aliphatic rings. The summed E-state index contributed by atoms with van der Waals surface area (Å²) in [7, 11) is 0. The zero-order chi connectivity index (χ0) is 25.8. The normalized spacial score (nSPS) is 22.3. The number of benzene rings is 1. The highest BCUT2D eigenvalue weighted by Crippen LogP contribution is 2.49. The Labute approximate surface area is 196 Å². The molecule has 1 saturated heterocycles. The number of alkyl halides is 4. The molecule has 0 saturated carbocycles. The molecule has 0 bridgehead atoms. The van der Waals surface area contributed by atoms with Crippen molar-refractivity contribution in [2.45, 2.75) is 23.9 Å². The number of pyridine rings is 1. The lowest BCUT2D eigenvalue weighted by molar-refractivity contribution is -0.276. The smallest absolute Gasteiger partial charge is 0.435 e. The van der Waals surface area contributed by atoms with Crippen LogP contribution >= 0.6 is 0 Å². The van der Waals surface area contributed by atoms with Crippen molar-refractivity contribution in [1.82, 2.24) is 9.88 Å². The van der Waals surface area contributed by atoms with Gasteiger partial charge in [0, 0.05) is 17.3 Å². The van der Waals surface area contributed by atoms with Gasteiger partial charge in [0.1, 0.15) is 0 Å². The lowest BCUT2D eigenvalue weighted by Gasteiger charge is -2.43. The second kappa shape index (κ2) is 8.66. The number of carbonyl (C=O) groups is 1. The first-order chi connectivity index (χ1) is 16.3. The SMILES string of the molecule is C[S+]([O-])CC(=O)N1CC(F)(c2ccc(C3=NOC(c4cc(F)c(F)c(F)c4)(C(F)(F)F)C3)cn2)C1. The minimum atomic E-state index is -5.19. The van der Waals surface area contributed by atoms with Crippen molar-refractivity contribution in [3.63, 3.8) is 0 Å². The third-order valence-corrected chi connectivity index (χ3v) is 6.41. The van der Waals surface area contributed by atoms with Gasteiger partial charge in [-0.05, 0) is 35.4 Å². The number of hydrogen-bond donors (Lipinski definition) is 0. The Morgan fingerprint density at radius 2 is 1.83 bits per heavy atom. The quantitative estimate of drug-likeness (QED) is 0.342. The van der Waals surface area contributed by atoms with E-state index in [0.29, 0.717) is 0 Å². The van der Waals surface area contributed by atoms with Gasteiger partial charge < -0.3 is 14.3 Å². The Morgan fingerprint density at radius 3 is 2.34 bits per heavy atom. The second-order valence-corrected chi connectivity index (χ2v) is 9.68. The minimum absolute atomic E-state index is 0.0279. The van der Waals surface area contributed by atoms with Gasteiger partial charge in [-0.3, -0.25) is 9.78 Å². The van der Waals surface area contributed by atoms with E-state index < -0.39 is 64.0 Å². The topological polar surface area (TPSA) is 77.8 Å². The van der Waals surface area contributed by atoms with Gasteiger partial charge in [-0.1, -0.05) is 5.16 Å². The number of carbonyl (C=O) groups excluding carboxylic acids is 1. The van der Waals surface area contributed by atoms with Gasteiger partial charge in [0.2, 0.25) is 0 Å². The first-order valence-electron chi connectivity index (χ1n) is 9.96. The molecule has 1 amide bonds. The maximum absolute atomic E-state index is 15.1. The molecule has 1 aromatic carbocycles. The van der Waals surface area contributed by atoms with E-state index in [1.54, 1.807) is 0 Å². The van der Waals surface area contributed by atoms with E-state index in [2.05, 4.69) is 15.0 Å². The molecule has 6 nitrogen and oxygen atoms in total. The van der Waals surface area contributed by atoms with Crippen LogP contribution in [0.15, 0.2) is 35.6 Å². The summed E-state index contributed by atoms with van der Waals surface area (Å²) in [6.45, 7) is -0.642. The molecule has 1 aromatic heterocycles. The van der Waals surface area contributed by atoms with Gasteiger partial charge in [0.15, 0.2) is 28.9 Å². The summed E-state index contributed by atoms with van der Waals surface area (Å²) in [5.74, 6) is -6.29. The largest absolute Gasteiger partial charge is 0.616 e. The zero-order valence-corrected chi connectivity index (χ0v) is 18.7. The molecule has 35 heavy (non-hydrogen) atoms. The van der Waals surface area contributed by atoms with Crippen LogP contribution in [0, 0.1) is 17.5 Å². The van der Waals surface area contributed by atoms with Crippen LogP contribution in [0.1, 0.15) is 23.2 Å². The maximum Gasteiger partial charge on any atom is 0.435 e. The first-order valence-corrected chi connectivity index (χ1v) is 11.7. The van der Waals surface area contributed by atoms with Crippen LogP contribution < -0.4 is 0 Å². The Hall–Kier alpha value is -2.87. The fraction of sp³-hybridized carbons (Fsp3) is 0.381. The average molecular weight is 523 g/mol. The van der Waals surface area contributed by atoms with E-state index in [1.165, 1.54) is 23.3 Å². The fourth-order valence-corrected chi connectivity index (χ4v) is 4.37. The van der Waals surface area contributed by atoms with E-state index in [-0.39, 0.29) is 47.9 Å². The summed E-state index contributed by atoms with van der Waals surface area (Å²) in [6, 6.07) is 2.84. The van der Waals surface area contributed by atoms with Crippen molar-refractivity contribution in [3.05, 3.63) is 64.7 Å². The molecule has 2 aliphatic heterocycles. The molecule has 0 spiro atoms. The van der Waals surface area contributed by atoms with Crippen LogP contribution in [-0.2, 0) is 32.1 Å². The Bertz CT molecular complexity index is 1160. The molecule has 2 aromatic rings. The highest BCUT2D eigenvalue weighted by Gasteiger charge is 2.62. The van der Waals surface area contributed by atoms with Crippen molar-refractivity contribution in [3.8, 4) is 0 Å². The van der Waals surface area contributed by atoms with Crippen molar-refractivity contribution in [2.75, 3.05) is 25.1 Å². The molecule has 0 aliphatic carbocycles. The summed E-state index contributed by atoms with van der Waals surface area (Å²) < 4.78 is 109. The van der Waals surface area contributed by atoms with Crippen LogP contribution in [0.4, 0.5) is 30.7 Å². The minimum Gasteiger partial charge on any atom is -0.616 e. The number of likely N-dealkylation sites (tertiary alicyclic amines) is 1. The van der Waals surface area contributed by atoms with Gasteiger partial charge in [-0.25, -0.2) is 17.6 Å². The molecule has 2 unspecified atom stereocenters. The van der Waals surface area contributed by atoms with Gasteiger partial charge >= 0.3 is 6.18 Å². The summed E-state index contributed by atoms with van der Waals surface area (Å²) >= 11 is -1.38. The first kappa shape index (κ1) is 25.2. The Balaban J connectivity index is 1.53. The summed E-state index contributed by atoms with van der Waals surface area (Å²) in [5.41, 5.74) is -6.61. The van der Waals surface area contributed by atoms with Crippen molar-refractivity contribution >= 4 is 22.8 Å². The lowest BCUT2D eigenvalue weighted by atomic mass is 9.86. The summed E-state index contributed by atoms with van der Waals surface area (Å²) in [4.78, 5) is 21.6. The van der Waals surface area contributed by atoms with Crippen LogP contribution in [0.5, 0.6) is 0 Å². The number of amides is 1. The molecule has 4 rings (SSSR count). The molecule has 0 N–H and O–H groups in total. The van der Waals surface area contributed by atoms with Gasteiger partial charge in [0.25, 0.3) is 11.5 Å². The summed E-state index contributed by atoms with van der Waals surface area (Å²) in [5, 5.41) is 3.42. The lowest BCUT2D eigenvalue weighted by Crippen LogP contribution is -2.60. The summed E-state index contributed by atoms with van der Waals surface area (Å²) in [6.07, 6.45) is -3.79. The molecule has 3 heterocycles. The van der Waals surface area contributed by atoms with Gasteiger partial charge in [0.05, 0.1) is 37.2 Å². The number of oxime groups is 1. The van der Waals surface area contributed by atoms with E-state index in [1.807, 2.05) is 0 Å². The standard InChI is InChI=1S/C21H16F7N3O3S/c1-35(33)8-17(32)31-9-19(25,10-31)16-3-2-11(7-29-16)15-6-20(34-30-15,21(26,27)28)12-4-13(22)18(24)14(23)5-12/h2-5,7H,6,8-10H2,1H3. The molecule has 2 atom stereocenters. The highest BCUT2D eigenvalue weighted by molar-refractivity contribution is 7.91. The van der Waals surface area contributed by atoms with Crippen molar-refractivity contribution < 1.29 is 44.9 Å². The molecule has 188 valence electrons. The zero-order valence-electron chi connectivity index (χ0n) is 17.8. The number of rotatable bonds is 5. The maximum atomic E-state index is 15.1. The number of halogens is 7. The number of nitrogens with zero attached hydrogens (tertiary/aromatic N) is 3. The molecular weight excluding hydrogens is 507 g/mol. The van der Waals surface area contributed by atoms with E-state index in [0.717, 1.165) is 6.20 Å². The van der Waals surface area contributed by atoms with E-state index >= 15 is 4.39 Å². The average Bonchev–Trinajstić information content (AvgIpc) is 3.21. The van der Waals surface area contributed by atoms with Crippen molar-refractivity contribution in [2.24, 2.45) is 5.16 Å². The van der Waals surface area contributed by atoms with Crippen LogP contribution in [-0.4, -0.2) is 57.3 Å². The van der Waals surface area contributed by atoms with Crippen LogP contribution in [0.3, 0.4) is 0 Å². The predicted molar refractivity (Wildman–Crippen MR) is 109 cm³/mol. The Kier molecular flexibility index (Phi) is 6.24. The molecule has 14 heteroatoms. The van der Waals surface area contributed by atoms with Gasteiger partial charge in [-0.15, -0.1) is 0 Å². The van der Waals surface area contributed by atoms with Crippen LogP contribution in [0.2, 0.25) is 0 Å². The van der Waals surface area contributed by atoms with Crippen molar-refractivity contribution in [1.29, 1.82) is 0 Å².